The van der Waals surface area contributed by atoms with Crippen molar-refractivity contribution in [2.75, 3.05) is 6.54 Å². The lowest BCUT2D eigenvalue weighted by Gasteiger charge is -2.33. The van der Waals surface area contributed by atoms with E-state index < -0.39 is 12.0 Å². The molecular weight excluding hydrogens is 322 g/mol. The number of rotatable bonds is 4. The highest BCUT2D eigenvalue weighted by Crippen LogP contribution is 2.37. The number of carboxylic acids is 1. The highest BCUT2D eigenvalue weighted by Gasteiger charge is 2.37. The molecule has 2 aromatic carbocycles. The van der Waals surface area contributed by atoms with Crippen LogP contribution in [0.2, 0.25) is 5.02 Å². The maximum Gasteiger partial charge on any atom is 0.320 e. The molecule has 2 atom stereocenters. The van der Waals surface area contributed by atoms with Crippen LogP contribution in [0.1, 0.15) is 41.1 Å². The van der Waals surface area contributed by atoms with Gasteiger partial charge in [-0.05, 0) is 55.5 Å². The Morgan fingerprint density at radius 2 is 1.92 bits per heavy atom. The van der Waals surface area contributed by atoms with Crippen LogP contribution in [0.15, 0.2) is 42.5 Å². The van der Waals surface area contributed by atoms with E-state index in [0.29, 0.717) is 11.4 Å². The van der Waals surface area contributed by atoms with E-state index in [2.05, 4.69) is 36.9 Å². The average molecular weight is 344 g/mol. The minimum Gasteiger partial charge on any atom is -0.480 e. The van der Waals surface area contributed by atoms with Crippen molar-refractivity contribution in [2.45, 2.75) is 38.8 Å². The molecule has 0 saturated carbocycles. The van der Waals surface area contributed by atoms with Gasteiger partial charge in [-0.1, -0.05) is 47.5 Å². The molecule has 1 aliphatic heterocycles. The number of nitrogens with zero attached hydrogens (tertiary/aromatic N) is 1. The Morgan fingerprint density at radius 1 is 1.21 bits per heavy atom. The van der Waals surface area contributed by atoms with E-state index in [-0.39, 0.29) is 6.04 Å². The molecule has 0 bridgehead atoms. The van der Waals surface area contributed by atoms with Crippen molar-refractivity contribution in [1.29, 1.82) is 0 Å². The Hall–Kier alpha value is -1.84. The number of carboxylic acid groups (broad SMARTS) is 1. The van der Waals surface area contributed by atoms with Crippen LogP contribution < -0.4 is 0 Å². The van der Waals surface area contributed by atoms with Crippen LogP contribution in [-0.2, 0) is 4.79 Å². The van der Waals surface area contributed by atoms with E-state index in [4.69, 9.17) is 11.6 Å². The molecule has 2 unspecified atom stereocenters. The molecule has 2 aromatic rings. The summed E-state index contributed by atoms with van der Waals surface area (Å²) in [4.78, 5) is 13.8. The van der Waals surface area contributed by atoms with Crippen LogP contribution in [0.25, 0.3) is 0 Å². The molecular formula is C20H22ClNO2. The van der Waals surface area contributed by atoms with Crippen molar-refractivity contribution in [2.24, 2.45) is 0 Å². The summed E-state index contributed by atoms with van der Waals surface area (Å²) >= 11 is 6.05. The molecule has 0 radical (unpaired) electrons. The lowest BCUT2D eigenvalue weighted by molar-refractivity contribution is -0.142. The lowest BCUT2D eigenvalue weighted by atomic mass is 9.92. The monoisotopic (exact) mass is 343 g/mol. The fraction of sp³-hybridized carbons (Fsp3) is 0.350. The molecule has 1 fully saturated rings. The molecule has 24 heavy (non-hydrogen) atoms. The first-order valence-electron chi connectivity index (χ1n) is 8.28. The number of halogens is 1. The molecule has 1 aliphatic rings. The highest BCUT2D eigenvalue weighted by atomic mass is 35.5. The number of likely N-dealkylation sites (tertiary alicyclic amines) is 1. The van der Waals surface area contributed by atoms with Gasteiger partial charge in [-0.3, -0.25) is 9.69 Å². The quantitative estimate of drug-likeness (QED) is 0.882. The summed E-state index contributed by atoms with van der Waals surface area (Å²) in [6.45, 7) is 4.95. The predicted molar refractivity (Wildman–Crippen MR) is 96.6 cm³/mol. The third-order valence-corrected chi connectivity index (χ3v) is 5.08. The van der Waals surface area contributed by atoms with Crippen LogP contribution in [0, 0.1) is 13.8 Å². The second-order valence-corrected chi connectivity index (χ2v) is 6.98. The molecule has 1 saturated heterocycles. The smallest absolute Gasteiger partial charge is 0.320 e. The van der Waals surface area contributed by atoms with Crippen molar-refractivity contribution < 1.29 is 9.90 Å². The molecule has 126 valence electrons. The summed E-state index contributed by atoms with van der Waals surface area (Å²) in [6.07, 6.45) is 1.61. The minimum absolute atomic E-state index is 0.0641. The Labute approximate surface area is 147 Å². The fourth-order valence-electron chi connectivity index (χ4n) is 3.61. The zero-order valence-corrected chi connectivity index (χ0v) is 14.8. The SMILES string of the molecule is Cc1ccc(C)c(C(c2ccc(Cl)cc2)N2CCCC2C(=O)O)c1. The first kappa shape index (κ1) is 17.0. The molecule has 0 aromatic heterocycles. The highest BCUT2D eigenvalue weighted by molar-refractivity contribution is 6.30. The number of hydrogen-bond acceptors (Lipinski definition) is 2. The predicted octanol–water partition coefficient (Wildman–Crippen LogP) is 4.60. The van der Waals surface area contributed by atoms with Crippen LogP contribution in [0.5, 0.6) is 0 Å². The number of aryl methyl sites for hydroxylation is 2. The van der Waals surface area contributed by atoms with Gasteiger partial charge in [-0.15, -0.1) is 0 Å². The molecule has 3 rings (SSSR count). The van der Waals surface area contributed by atoms with Crippen LogP contribution in [0.3, 0.4) is 0 Å². The molecule has 0 spiro atoms. The summed E-state index contributed by atoms with van der Waals surface area (Å²) in [7, 11) is 0. The third-order valence-electron chi connectivity index (χ3n) is 4.83. The van der Waals surface area contributed by atoms with Gasteiger partial charge in [-0.2, -0.15) is 0 Å². The third kappa shape index (κ3) is 3.33. The van der Waals surface area contributed by atoms with E-state index in [0.717, 1.165) is 18.5 Å². The second kappa shape index (κ2) is 6.96. The topological polar surface area (TPSA) is 40.5 Å². The maximum atomic E-state index is 11.7. The van der Waals surface area contributed by atoms with Crippen LogP contribution in [-0.4, -0.2) is 28.6 Å². The summed E-state index contributed by atoms with van der Waals surface area (Å²) < 4.78 is 0. The van der Waals surface area contributed by atoms with Crippen molar-refractivity contribution in [1.82, 2.24) is 4.90 Å². The normalized spacial score (nSPS) is 19.4. The standard InChI is InChI=1S/C20H22ClNO2/c1-13-5-6-14(2)17(12-13)19(15-7-9-16(21)10-8-15)22-11-3-4-18(22)20(23)24/h5-10,12,18-19H,3-4,11H2,1-2H3,(H,23,24). The van der Waals surface area contributed by atoms with Gasteiger partial charge < -0.3 is 5.11 Å². The van der Waals surface area contributed by atoms with Gasteiger partial charge in [-0.25, -0.2) is 0 Å². The molecule has 1 heterocycles. The summed E-state index contributed by atoms with van der Waals surface area (Å²) in [6, 6.07) is 13.6. The Bertz CT molecular complexity index is 742. The second-order valence-electron chi connectivity index (χ2n) is 6.55. The zero-order valence-electron chi connectivity index (χ0n) is 14.0. The number of aliphatic carboxylic acids is 1. The van der Waals surface area contributed by atoms with Gasteiger partial charge in [0.05, 0.1) is 6.04 Å². The van der Waals surface area contributed by atoms with E-state index >= 15 is 0 Å². The van der Waals surface area contributed by atoms with Gasteiger partial charge in [0, 0.05) is 11.6 Å². The molecule has 3 nitrogen and oxygen atoms in total. The molecule has 0 aliphatic carbocycles. The number of carbonyl (C=O) groups is 1. The fourth-order valence-corrected chi connectivity index (χ4v) is 3.74. The van der Waals surface area contributed by atoms with E-state index in [9.17, 15) is 9.90 Å². The van der Waals surface area contributed by atoms with Crippen LogP contribution in [0.4, 0.5) is 0 Å². The van der Waals surface area contributed by atoms with Crippen LogP contribution >= 0.6 is 11.6 Å². The first-order valence-corrected chi connectivity index (χ1v) is 8.66. The largest absolute Gasteiger partial charge is 0.480 e. The average Bonchev–Trinajstić information content (AvgIpc) is 3.02. The van der Waals surface area contributed by atoms with Gasteiger partial charge in [0.1, 0.15) is 6.04 Å². The number of benzene rings is 2. The minimum atomic E-state index is -0.739. The Morgan fingerprint density at radius 3 is 2.58 bits per heavy atom. The summed E-state index contributed by atoms with van der Waals surface area (Å²) in [5.41, 5.74) is 4.61. The maximum absolute atomic E-state index is 11.7. The Kier molecular flexibility index (Phi) is 4.93. The van der Waals surface area contributed by atoms with Crippen molar-refractivity contribution in [3.63, 3.8) is 0 Å². The van der Waals surface area contributed by atoms with Crippen molar-refractivity contribution in [3.05, 3.63) is 69.7 Å². The van der Waals surface area contributed by atoms with Gasteiger partial charge >= 0.3 is 5.97 Å². The first-order chi connectivity index (χ1) is 11.5. The summed E-state index contributed by atoms with van der Waals surface area (Å²) in [5.74, 6) is -0.739. The van der Waals surface area contributed by atoms with E-state index in [1.54, 1.807) is 0 Å². The van der Waals surface area contributed by atoms with Gasteiger partial charge in [0.25, 0.3) is 0 Å². The lowest BCUT2D eigenvalue weighted by Crippen LogP contribution is -2.39. The number of hydrogen-bond donors (Lipinski definition) is 1. The Balaban J connectivity index is 2.12. The van der Waals surface area contributed by atoms with Crippen molar-refractivity contribution >= 4 is 17.6 Å². The van der Waals surface area contributed by atoms with Crippen molar-refractivity contribution in [3.8, 4) is 0 Å². The molecule has 0 amide bonds. The zero-order chi connectivity index (χ0) is 17.3. The summed E-state index contributed by atoms with van der Waals surface area (Å²) in [5, 5.41) is 10.3. The molecule has 4 heteroatoms. The van der Waals surface area contributed by atoms with Gasteiger partial charge in [0.15, 0.2) is 0 Å². The van der Waals surface area contributed by atoms with Gasteiger partial charge in [0.2, 0.25) is 0 Å². The van der Waals surface area contributed by atoms with E-state index in [1.807, 2.05) is 24.3 Å². The molecule has 1 N–H and O–H groups in total. The van der Waals surface area contributed by atoms with E-state index in [1.165, 1.54) is 16.7 Å².